The molecule has 47 heavy (non-hydrogen) atoms. The van der Waals surface area contributed by atoms with E-state index in [9.17, 15) is 14.4 Å². The lowest BCUT2D eigenvalue weighted by molar-refractivity contribution is -0.123. The molecule has 11 heteroatoms. The van der Waals surface area contributed by atoms with Crippen molar-refractivity contribution < 1.29 is 23.9 Å². The number of carbonyl (C=O) groups is 3. The minimum absolute atomic E-state index is 0.0763. The van der Waals surface area contributed by atoms with Gasteiger partial charge >= 0.3 is 6.09 Å². The van der Waals surface area contributed by atoms with Crippen LogP contribution in [0.15, 0.2) is 66.7 Å². The molecular formula is C36H44ClN5O5. The van der Waals surface area contributed by atoms with E-state index < -0.39 is 6.09 Å². The van der Waals surface area contributed by atoms with Gasteiger partial charge in [-0.05, 0) is 62.5 Å². The Bertz CT molecular complexity index is 1540. The number of carbonyl (C=O) groups excluding carboxylic acids is 3. The Morgan fingerprint density at radius 3 is 2.28 bits per heavy atom. The molecule has 2 saturated heterocycles. The SMILES string of the molecule is COc1cc(C(=O)N(C)CCN2CCC(OC(=O)Nc3ccccc3-c3ccccc3)CC2)c(Cl)cc1CN1CCC(C(N)=O)CC1. The summed E-state index contributed by atoms with van der Waals surface area (Å²) in [5, 5.41) is 3.30. The average Bonchev–Trinajstić information content (AvgIpc) is 3.08. The maximum Gasteiger partial charge on any atom is 0.411 e. The van der Waals surface area contributed by atoms with Crippen molar-refractivity contribution in [3.8, 4) is 16.9 Å². The minimum atomic E-state index is -0.455. The summed E-state index contributed by atoms with van der Waals surface area (Å²) < 4.78 is 11.4. The number of likely N-dealkylation sites (tertiary alicyclic amines) is 2. The molecule has 5 rings (SSSR count). The van der Waals surface area contributed by atoms with Crippen LogP contribution in [0.1, 0.15) is 41.6 Å². The van der Waals surface area contributed by atoms with Gasteiger partial charge in [-0.1, -0.05) is 60.1 Å². The van der Waals surface area contributed by atoms with Crippen LogP contribution in [-0.2, 0) is 16.1 Å². The zero-order valence-electron chi connectivity index (χ0n) is 27.1. The summed E-state index contributed by atoms with van der Waals surface area (Å²) >= 11 is 6.64. The Morgan fingerprint density at radius 1 is 0.936 bits per heavy atom. The van der Waals surface area contributed by atoms with E-state index >= 15 is 0 Å². The standard InChI is InChI=1S/C36H44ClN5O5/c1-40(35(44)30-23-33(46-2)27(22-31(30)37)24-42-16-12-26(13-17-42)34(38)43)20-21-41-18-14-28(15-19-41)47-36(45)39-32-11-7-6-10-29(32)25-8-4-3-5-9-25/h3-11,22-23,26,28H,12-21,24H2,1-2H3,(H2,38,43)(H,39,45). The van der Waals surface area contributed by atoms with Crippen molar-refractivity contribution in [1.82, 2.24) is 14.7 Å². The zero-order chi connectivity index (χ0) is 33.3. The molecule has 0 bridgehead atoms. The van der Waals surface area contributed by atoms with Crippen LogP contribution < -0.4 is 15.8 Å². The molecule has 3 aromatic rings. The van der Waals surface area contributed by atoms with Gasteiger partial charge in [0.25, 0.3) is 5.91 Å². The fraction of sp³-hybridized carbons (Fsp3) is 0.417. The van der Waals surface area contributed by atoms with Gasteiger partial charge in [0.2, 0.25) is 5.91 Å². The molecule has 2 aliphatic rings. The number of rotatable bonds is 11. The van der Waals surface area contributed by atoms with Crippen molar-refractivity contribution in [2.75, 3.05) is 58.7 Å². The molecule has 0 spiro atoms. The maximum absolute atomic E-state index is 13.4. The fourth-order valence-electron chi connectivity index (χ4n) is 6.29. The molecular weight excluding hydrogens is 618 g/mol. The summed E-state index contributed by atoms with van der Waals surface area (Å²) in [4.78, 5) is 43.9. The summed E-state index contributed by atoms with van der Waals surface area (Å²) in [6.45, 7) is 4.88. The highest BCUT2D eigenvalue weighted by Gasteiger charge is 2.26. The first-order valence-electron chi connectivity index (χ1n) is 16.2. The van der Waals surface area contributed by atoms with Crippen molar-refractivity contribution in [1.29, 1.82) is 0 Å². The van der Waals surface area contributed by atoms with Gasteiger partial charge < -0.3 is 25.0 Å². The van der Waals surface area contributed by atoms with Crippen LogP contribution in [0.2, 0.25) is 5.02 Å². The number of nitrogens with two attached hydrogens (primary N) is 1. The Kier molecular flexibility index (Phi) is 11.7. The predicted octanol–water partition coefficient (Wildman–Crippen LogP) is 5.50. The van der Waals surface area contributed by atoms with Crippen LogP contribution in [0.5, 0.6) is 5.75 Å². The number of anilines is 1. The smallest absolute Gasteiger partial charge is 0.411 e. The third-order valence-corrected chi connectivity index (χ3v) is 9.45. The van der Waals surface area contributed by atoms with E-state index in [1.807, 2.05) is 60.7 Å². The number of halogens is 1. The monoisotopic (exact) mass is 661 g/mol. The lowest BCUT2D eigenvalue weighted by Crippen LogP contribution is -2.42. The predicted molar refractivity (Wildman–Crippen MR) is 184 cm³/mol. The molecule has 0 saturated carbocycles. The molecule has 2 fully saturated rings. The number of primary amides is 1. The summed E-state index contributed by atoms with van der Waals surface area (Å²) in [5.74, 6) is 0.121. The van der Waals surface area contributed by atoms with Crippen LogP contribution in [0, 0.1) is 5.92 Å². The number of amides is 3. The molecule has 0 atom stereocenters. The number of nitrogens with zero attached hydrogens (tertiary/aromatic N) is 3. The number of piperidine rings is 2. The number of ether oxygens (including phenoxy) is 2. The second-order valence-corrected chi connectivity index (χ2v) is 12.7. The molecule has 0 radical (unpaired) electrons. The van der Waals surface area contributed by atoms with Gasteiger partial charge in [0, 0.05) is 56.8 Å². The lowest BCUT2D eigenvalue weighted by Gasteiger charge is -2.32. The first kappa shape index (κ1) is 34.2. The maximum atomic E-state index is 13.4. The van der Waals surface area contributed by atoms with Crippen LogP contribution in [0.4, 0.5) is 10.5 Å². The van der Waals surface area contributed by atoms with Gasteiger partial charge in [0.15, 0.2) is 0 Å². The minimum Gasteiger partial charge on any atom is -0.496 e. The molecule has 2 aliphatic heterocycles. The quantitative estimate of drug-likeness (QED) is 0.279. The molecule has 0 aliphatic carbocycles. The van der Waals surface area contributed by atoms with Gasteiger partial charge in [-0.2, -0.15) is 0 Å². The highest BCUT2D eigenvalue weighted by molar-refractivity contribution is 6.34. The van der Waals surface area contributed by atoms with Gasteiger partial charge in [-0.3, -0.25) is 19.8 Å². The first-order valence-corrected chi connectivity index (χ1v) is 16.6. The number of methoxy groups -OCH3 is 1. The van der Waals surface area contributed by atoms with E-state index in [4.69, 9.17) is 26.8 Å². The van der Waals surface area contributed by atoms with Crippen molar-refractivity contribution in [3.63, 3.8) is 0 Å². The van der Waals surface area contributed by atoms with E-state index in [0.717, 1.165) is 68.6 Å². The van der Waals surface area contributed by atoms with E-state index in [2.05, 4.69) is 15.1 Å². The fourth-order valence-corrected chi connectivity index (χ4v) is 6.56. The molecule has 3 aromatic carbocycles. The number of hydrogen-bond donors (Lipinski definition) is 2. The third kappa shape index (κ3) is 9.03. The van der Waals surface area contributed by atoms with Gasteiger partial charge in [0.1, 0.15) is 11.9 Å². The normalized spacial score (nSPS) is 16.4. The first-order chi connectivity index (χ1) is 22.7. The largest absolute Gasteiger partial charge is 0.496 e. The summed E-state index contributed by atoms with van der Waals surface area (Å²) in [5.41, 5.74) is 9.44. The zero-order valence-corrected chi connectivity index (χ0v) is 27.9. The number of para-hydroxylation sites is 1. The van der Waals surface area contributed by atoms with Crippen LogP contribution in [0.3, 0.4) is 0 Å². The van der Waals surface area contributed by atoms with Crippen LogP contribution in [0.25, 0.3) is 11.1 Å². The summed E-state index contributed by atoms with van der Waals surface area (Å²) in [6, 6.07) is 21.1. The Morgan fingerprint density at radius 2 is 1.60 bits per heavy atom. The van der Waals surface area contributed by atoms with E-state index in [0.29, 0.717) is 41.7 Å². The molecule has 0 aromatic heterocycles. The molecule has 2 heterocycles. The highest BCUT2D eigenvalue weighted by atomic mass is 35.5. The van der Waals surface area contributed by atoms with Gasteiger partial charge in [-0.15, -0.1) is 0 Å². The molecule has 3 amide bonds. The average molecular weight is 662 g/mol. The highest BCUT2D eigenvalue weighted by Crippen LogP contribution is 2.31. The number of nitrogens with one attached hydrogen (secondary N) is 1. The summed E-state index contributed by atoms with van der Waals surface area (Å²) in [6.07, 6.45) is 2.28. The van der Waals surface area contributed by atoms with Crippen molar-refractivity contribution >= 4 is 35.2 Å². The van der Waals surface area contributed by atoms with E-state index in [1.165, 1.54) is 0 Å². The molecule has 3 N–H and O–H groups in total. The second-order valence-electron chi connectivity index (χ2n) is 12.3. The molecule has 10 nitrogen and oxygen atoms in total. The van der Waals surface area contributed by atoms with E-state index in [1.54, 1.807) is 25.1 Å². The molecule has 0 unspecified atom stereocenters. The number of hydrogen-bond acceptors (Lipinski definition) is 7. The Labute approximate surface area is 281 Å². The molecule has 250 valence electrons. The number of likely N-dealkylation sites (N-methyl/N-ethyl adjacent to an activating group) is 1. The number of benzene rings is 3. The topological polar surface area (TPSA) is 117 Å². The van der Waals surface area contributed by atoms with Crippen molar-refractivity contribution in [2.45, 2.75) is 38.3 Å². The third-order valence-electron chi connectivity index (χ3n) is 9.14. The van der Waals surface area contributed by atoms with Crippen molar-refractivity contribution in [2.24, 2.45) is 11.7 Å². The van der Waals surface area contributed by atoms with Crippen LogP contribution >= 0.6 is 11.6 Å². The Balaban J connectivity index is 1.07. The second kappa shape index (κ2) is 16.1. The van der Waals surface area contributed by atoms with Crippen LogP contribution in [-0.4, -0.2) is 92.1 Å². The van der Waals surface area contributed by atoms with Gasteiger partial charge in [-0.25, -0.2) is 4.79 Å². The summed E-state index contributed by atoms with van der Waals surface area (Å²) in [7, 11) is 3.36. The lowest BCUT2D eigenvalue weighted by atomic mass is 9.96. The van der Waals surface area contributed by atoms with Crippen molar-refractivity contribution in [3.05, 3.63) is 82.9 Å². The van der Waals surface area contributed by atoms with Gasteiger partial charge in [0.05, 0.1) is 23.4 Å². The Hall–Kier alpha value is -4.12. The van der Waals surface area contributed by atoms with E-state index in [-0.39, 0.29) is 23.8 Å².